The highest BCUT2D eigenvalue weighted by molar-refractivity contribution is 5.67. The van der Waals surface area contributed by atoms with Gasteiger partial charge in [-0.2, -0.15) is 0 Å². The predicted molar refractivity (Wildman–Crippen MR) is 41.4 cm³/mol. The Balaban J connectivity index is 2.18. The van der Waals surface area contributed by atoms with Crippen molar-refractivity contribution in [2.75, 3.05) is 21.1 Å². The van der Waals surface area contributed by atoms with E-state index in [2.05, 4.69) is 10.2 Å². The minimum atomic E-state index is -0.334. The number of carbonyl (C=O) groups is 1. The molecule has 1 aliphatic rings. The first kappa shape index (κ1) is 8.33. The lowest BCUT2D eigenvalue weighted by molar-refractivity contribution is 0.130. The average molecular weight is 158 g/mol. The largest absolute Gasteiger partial charge is 0.445 e. The molecule has 0 aliphatic heterocycles. The molecule has 1 aliphatic carbocycles. The van der Waals surface area contributed by atoms with Crippen LogP contribution in [0.4, 0.5) is 4.79 Å². The van der Waals surface area contributed by atoms with Gasteiger partial charge in [0.1, 0.15) is 6.10 Å². The van der Waals surface area contributed by atoms with Crippen molar-refractivity contribution < 1.29 is 9.53 Å². The molecule has 1 amide bonds. The van der Waals surface area contributed by atoms with Crippen LogP contribution in [0.15, 0.2) is 0 Å². The molecule has 4 nitrogen and oxygen atoms in total. The molecule has 0 bridgehead atoms. The summed E-state index contributed by atoms with van der Waals surface area (Å²) in [6.45, 7) is 0. The number of likely N-dealkylation sites (N-methyl/N-ethyl adjacent to an activating group) is 1. The maximum absolute atomic E-state index is 10.7. The summed E-state index contributed by atoms with van der Waals surface area (Å²) in [6.07, 6.45) is 0.727. The van der Waals surface area contributed by atoms with Gasteiger partial charge in [-0.15, -0.1) is 0 Å². The molecule has 2 atom stereocenters. The van der Waals surface area contributed by atoms with E-state index in [-0.39, 0.29) is 12.2 Å². The smallest absolute Gasteiger partial charge is 0.407 e. The highest BCUT2D eigenvalue weighted by Gasteiger charge is 2.42. The number of hydrogen-bond acceptors (Lipinski definition) is 3. The summed E-state index contributed by atoms with van der Waals surface area (Å²) in [4.78, 5) is 12.7. The molecule has 64 valence electrons. The van der Waals surface area contributed by atoms with Crippen molar-refractivity contribution in [2.24, 2.45) is 0 Å². The van der Waals surface area contributed by atoms with Gasteiger partial charge < -0.3 is 15.0 Å². The maximum atomic E-state index is 10.7. The summed E-state index contributed by atoms with van der Waals surface area (Å²) in [5.74, 6) is 0. The highest BCUT2D eigenvalue weighted by Crippen LogP contribution is 2.29. The third-order valence-corrected chi connectivity index (χ3v) is 1.83. The second kappa shape index (κ2) is 3.09. The fourth-order valence-corrected chi connectivity index (χ4v) is 1.03. The second-order valence-electron chi connectivity index (χ2n) is 2.96. The Morgan fingerprint density at radius 3 is 2.64 bits per heavy atom. The molecule has 0 aromatic rings. The summed E-state index contributed by atoms with van der Waals surface area (Å²) in [7, 11) is 5.53. The van der Waals surface area contributed by atoms with Gasteiger partial charge in [-0.3, -0.25) is 0 Å². The molecule has 0 saturated heterocycles. The van der Waals surface area contributed by atoms with Gasteiger partial charge in [0.15, 0.2) is 0 Å². The molecule has 1 rings (SSSR count). The van der Waals surface area contributed by atoms with Gasteiger partial charge >= 0.3 is 6.09 Å². The van der Waals surface area contributed by atoms with Crippen molar-refractivity contribution >= 4 is 6.09 Å². The standard InChI is InChI=1S/C7H14N2O2/c1-8-7(10)11-6-4-5(6)9(2)3/h5-6H,4H2,1-3H3,(H,8,10)/t5-,6-/m1/s1. The molecule has 11 heavy (non-hydrogen) atoms. The molecular formula is C7H14N2O2. The summed E-state index contributed by atoms with van der Waals surface area (Å²) >= 11 is 0. The zero-order valence-electron chi connectivity index (χ0n) is 7.13. The van der Waals surface area contributed by atoms with E-state index in [0.717, 1.165) is 6.42 Å². The molecule has 1 fully saturated rings. The Morgan fingerprint density at radius 1 is 1.64 bits per heavy atom. The van der Waals surface area contributed by atoms with Gasteiger partial charge in [-0.05, 0) is 14.1 Å². The lowest BCUT2D eigenvalue weighted by Gasteiger charge is -2.08. The van der Waals surface area contributed by atoms with E-state index in [0.29, 0.717) is 6.04 Å². The molecule has 1 saturated carbocycles. The molecule has 0 heterocycles. The first-order valence-corrected chi connectivity index (χ1v) is 3.70. The summed E-state index contributed by atoms with van der Waals surface area (Å²) in [5.41, 5.74) is 0. The maximum Gasteiger partial charge on any atom is 0.407 e. The van der Waals surface area contributed by atoms with Gasteiger partial charge in [0.2, 0.25) is 0 Å². The zero-order valence-corrected chi connectivity index (χ0v) is 7.13. The molecule has 1 N–H and O–H groups in total. The van der Waals surface area contributed by atoms with Crippen molar-refractivity contribution in [1.82, 2.24) is 10.2 Å². The molecular weight excluding hydrogens is 144 g/mol. The van der Waals surface area contributed by atoms with E-state index in [1.165, 1.54) is 0 Å². The van der Waals surface area contributed by atoms with Crippen LogP contribution in [-0.2, 0) is 4.74 Å². The van der Waals surface area contributed by atoms with E-state index in [9.17, 15) is 4.79 Å². The quantitative estimate of drug-likeness (QED) is 0.617. The van der Waals surface area contributed by atoms with Crippen molar-refractivity contribution in [2.45, 2.75) is 18.6 Å². The summed E-state index contributed by atoms with van der Waals surface area (Å²) in [5, 5.41) is 2.42. The van der Waals surface area contributed by atoms with Crippen molar-refractivity contribution in [1.29, 1.82) is 0 Å². The van der Waals surface area contributed by atoms with Gasteiger partial charge in [0.25, 0.3) is 0 Å². The SMILES string of the molecule is CNC(=O)O[C@@H]1C[C@H]1N(C)C. The van der Waals surface area contributed by atoms with Crippen LogP contribution < -0.4 is 5.32 Å². The molecule has 0 unspecified atom stereocenters. The van der Waals surface area contributed by atoms with Crippen LogP contribution >= 0.6 is 0 Å². The topological polar surface area (TPSA) is 41.6 Å². The van der Waals surface area contributed by atoms with E-state index >= 15 is 0 Å². The minimum Gasteiger partial charge on any atom is -0.445 e. The number of carbonyl (C=O) groups excluding carboxylic acids is 1. The van der Waals surface area contributed by atoms with Crippen LogP contribution in [0.2, 0.25) is 0 Å². The van der Waals surface area contributed by atoms with Crippen LogP contribution in [0.5, 0.6) is 0 Å². The fourth-order valence-electron chi connectivity index (χ4n) is 1.03. The van der Waals surface area contributed by atoms with Crippen molar-refractivity contribution in [3.63, 3.8) is 0 Å². The lowest BCUT2D eigenvalue weighted by Crippen LogP contribution is -2.25. The van der Waals surface area contributed by atoms with E-state index < -0.39 is 0 Å². The zero-order chi connectivity index (χ0) is 8.43. The second-order valence-corrected chi connectivity index (χ2v) is 2.96. The Labute approximate surface area is 66.5 Å². The van der Waals surface area contributed by atoms with Gasteiger partial charge in [-0.25, -0.2) is 4.79 Å². The Bertz CT molecular complexity index is 159. The van der Waals surface area contributed by atoms with Crippen molar-refractivity contribution in [3.8, 4) is 0 Å². The van der Waals surface area contributed by atoms with E-state index in [1.54, 1.807) is 7.05 Å². The number of ether oxygens (including phenoxy) is 1. The van der Waals surface area contributed by atoms with Crippen LogP contribution in [0.1, 0.15) is 6.42 Å². The molecule has 0 aromatic carbocycles. The average Bonchev–Trinajstić information content (AvgIpc) is 2.67. The van der Waals surface area contributed by atoms with Gasteiger partial charge in [0, 0.05) is 19.5 Å². The van der Waals surface area contributed by atoms with Crippen LogP contribution in [0, 0.1) is 0 Å². The molecule has 4 heteroatoms. The first-order chi connectivity index (χ1) is 5.15. The third-order valence-electron chi connectivity index (χ3n) is 1.83. The molecule has 0 radical (unpaired) electrons. The summed E-state index contributed by atoms with van der Waals surface area (Å²) < 4.78 is 4.99. The van der Waals surface area contributed by atoms with E-state index in [4.69, 9.17) is 4.74 Å². The minimum absolute atomic E-state index is 0.102. The van der Waals surface area contributed by atoms with Crippen LogP contribution in [0.3, 0.4) is 0 Å². The van der Waals surface area contributed by atoms with E-state index in [1.807, 2.05) is 14.1 Å². The number of nitrogens with zero attached hydrogens (tertiary/aromatic N) is 1. The van der Waals surface area contributed by atoms with Crippen LogP contribution in [0.25, 0.3) is 0 Å². The fraction of sp³-hybridized carbons (Fsp3) is 0.857. The van der Waals surface area contributed by atoms with Crippen LogP contribution in [-0.4, -0.2) is 44.3 Å². The molecule has 0 spiro atoms. The lowest BCUT2D eigenvalue weighted by atomic mass is 10.6. The van der Waals surface area contributed by atoms with Gasteiger partial charge in [0.05, 0.1) is 0 Å². The summed E-state index contributed by atoms with van der Waals surface area (Å²) in [6, 6.07) is 0.423. The third kappa shape index (κ3) is 2.08. The number of amides is 1. The number of alkyl carbamates (subject to hydrolysis) is 1. The number of hydrogen-bond donors (Lipinski definition) is 1. The predicted octanol–water partition coefficient (Wildman–Crippen LogP) is 0.0449. The van der Waals surface area contributed by atoms with Crippen molar-refractivity contribution in [3.05, 3.63) is 0 Å². The normalized spacial score (nSPS) is 28.4. The molecule has 0 aromatic heterocycles. The monoisotopic (exact) mass is 158 g/mol. The Kier molecular flexibility index (Phi) is 2.34. The first-order valence-electron chi connectivity index (χ1n) is 3.70. The Hall–Kier alpha value is -0.770. The Morgan fingerprint density at radius 2 is 2.27 bits per heavy atom. The number of rotatable bonds is 2. The number of nitrogens with one attached hydrogen (secondary N) is 1. The van der Waals surface area contributed by atoms with Gasteiger partial charge in [-0.1, -0.05) is 0 Å². The highest BCUT2D eigenvalue weighted by atomic mass is 16.6.